The molecule has 0 aliphatic carbocycles. The van der Waals surface area contributed by atoms with Crippen molar-refractivity contribution < 1.29 is 23.9 Å². The minimum absolute atomic E-state index is 0.101. The third-order valence-electron chi connectivity index (χ3n) is 3.83. The van der Waals surface area contributed by atoms with Gasteiger partial charge in [-0.25, -0.2) is 14.6 Å². The summed E-state index contributed by atoms with van der Waals surface area (Å²) in [6.45, 7) is 0.955. The zero-order valence-electron chi connectivity index (χ0n) is 15.3. The van der Waals surface area contributed by atoms with E-state index in [4.69, 9.17) is 79.1 Å². The van der Waals surface area contributed by atoms with Gasteiger partial charge >= 0.3 is 12.2 Å². The van der Waals surface area contributed by atoms with Crippen LogP contribution in [0.5, 0.6) is 0 Å². The fourth-order valence-electron chi connectivity index (χ4n) is 2.45. The fraction of sp³-hybridized carbons (Fsp3) is 0.500. The van der Waals surface area contributed by atoms with Crippen LogP contribution in [0, 0.1) is 5.92 Å². The molecule has 1 unspecified atom stereocenters. The Labute approximate surface area is 202 Å². The molecule has 30 heavy (non-hydrogen) atoms. The Bertz CT molecular complexity index is 783. The summed E-state index contributed by atoms with van der Waals surface area (Å²) in [6.07, 6.45) is -0.530. The average Bonchev–Trinajstić information content (AvgIpc) is 2.96. The van der Waals surface area contributed by atoms with Gasteiger partial charge in [-0.05, 0) is 12.5 Å². The summed E-state index contributed by atoms with van der Waals surface area (Å²) in [4.78, 5) is 43.2. The predicted molar refractivity (Wildman–Crippen MR) is 116 cm³/mol. The minimum atomic E-state index is -1.92. The summed E-state index contributed by atoms with van der Waals surface area (Å²) < 4.78 is 5.86. The molecule has 1 aliphatic heterocycles. The maximum Gasteiger partial charge on any atom is 0.425 e. The van der Waals surface area contributed by atoms with Gasteiger partial charge in [0.15, 0.2) is 5.82 Å². The molecular formula is C16H15Cl6N3O5. The number of hydrogen-bond donors (Lipinski definition) is 0. The van der Waals surface area contributed by atoms with Gasteiger partial charge in [0, 0.05) is 30.4 Å². The van der Waals surface area contributed by atoms with Crippen molar-refractivity contribution >= 4 is 99.2 Å². The maximum atomic E-state index is 12.5. The van der Waals surface area contributed by atoms with E-state index in [1.54, 1.807) is 13.0 Å². The molecule has 2 heterocycles. The normalized spacial score (nSPS) is 17.1. The number of carbonyl (C=O) groups excluding carboxylic acids is 3. The lowest BCUT2D eigenvalue weighted by atomic mass is 10.1. The molecule has 1 saturated heterocycles. The molecule has 0 saturated carbocycles. The van der Waals surface area contributed by atoms with Gasteiger partial charge in [0.2, 0.25) is 13.5 Å². The molecule has 166 valence electrons. The Kier molecular flexibility index (Phi) is 8.58. The summed E-state index contributed by atoms with van der Waals surface area (Å²) in [5, 5.41) is 0. The third kappa shape index (κ3) is 7.35. The molecule has 1 atom stereocenters. The van der Waals surface area contributed by atoms with Gasteiger partial charge in [0.1, 0.15) is 13.2 Å². The summed E-state index contributed by atoms with van der Waals surface area (Å²) in [7, 11) is 0. The third-order valence-corrected chi connectivity index (χ3v) is 4.48. The Morgan fingerprint density at radius 3 is 2.10 bits per heavy atom. The van der Waals surface area contributed by atoms with Crippen molar-refractivity contribution in [2.24, 2.45) is 5.92 Å². The lowest BCUT2D eigenvalue weighted by Gasteiger charge is -2.23. The second-order valence-corrected chi connectivity index (χ2v) is 11.3. The van der Waals surface area contributed by atoms with Crippen LogP contribution in [0.4, 0.5) is 21.1 Å². The van der Waals surface area contributed by atoms with Crippen LogP contribution in [0.3, 0.4) is 0 Å². The number of nitrogens with zero attached hydrogens (tertiary/aromatic N) is 3. The summed E-state index contributed by atoms with van der Waals surface area (Å²) in [6, 6.07) is 2.89. The number of imide groups is 1. The number of carbonyl (C=O) groups is 3. The standard InChI is InChI=1S/C16H15Cl6N3O5/c1-9-3-5-24(12(9)26)10-2-4-23-11(6-10)25(13(27)29-7-15(17,18)19)14(28)30-8-16(20,21)22/h2,4,6,9H,3,5,7-8H2,1H3. The minimum Gasteiger partial charge on any atom is -0.444 e. The first-order valence-electron chi connectivity index (χ1n) is 8.33. The highest BCUT2D eigenvalue weighted by atomic mass is 35.6. The topological polar surface area (TPSA) is 89.0 Å². The lowest BCUT2D eigenvalue weighted by Crippen LogP contribution is -2.41. The smallest absolute Gasteiger partial charge is 0.425 e. The average molecular weight is 542 g/mol. The number of alkyl halides is 6. The lowest BCUT2D eigenvalue weighted by molar-refractivity contribution is -0.119. The van der Waals surface area contributed by atoms with Crippen LogP contribution >= 0.6 is 69.6 Å². The number of ether oxygens (including phenoxy) is 2. The van der Waals surface area contributed by atoms with Crippen LogP contribution in [-0.2, 0) is 14.3 Å². The molecule has 14 heteroatoms. The first-order chi connectivity index (χ1) is 13.8. The van der Waals surface area contributed by atoms with E-state index < -0.39 is 33.0 Å². The van der Waals surface area contributed by atoms with Crippen molar-refractivity contribution in [1.82, 2.24) is 4.98 Å². The Morgan fingerprint density at radius 2 is 1.67 bits per heavy atom. The van der Waals surface area contributed by atoms with Gasteiger partial charge in [0.25, 0.3) is 0 Å². The molecule has 8 nitrogen and oxygen atoms in total. The number of rotatable bonds is 4. The number of pyridine rings is 1. The predicted octanol–water partition coefficient (Wildman–Crippen LogP) is 5.27. The molecule has 1 aliphatic rings. The second kappa shape index (κ2) is 10.1. The Balaban J connectivity index is 2.31. The van der Waals surface area contributed by atoms with Crippen molar-refractivity contribution in [3.63, 3.8) is 0 Å². The number of amides is 3. The monoisotopic (exact) mass is 539 g/mol. The molecule has 0 N–H and O–H groups in total. The van der Waals surface area contributed by atoms with Crippen LogP contribution in [0.2, 0.25) is 0 Å². The highest BCUT2D eigenvalue weighted by Crippen LogP contribution is 2.30. The highest BCUT2D eigenvalue weighted by Gasteiger charge is 2.34. The summed E-state index contributed by atoms with van der Waals surface area (Å²) in [5.41, 5.74) is 0.419. The molecule has 2 rings (SSSR count). The molecule has 3 amide bonds. The zero-order chi connectivity index (χ0) is 22.7. The molecular weight excluding hydrogens is 527 g/mol. The van der Waals surface area contributed by atoms with E-state index in [2.05, 4.69) is 4.98 Å². The molecule has 0 bridgehead atoms. The van der Waals surface area contributed by atoms with E-state index in [0.29, 0.717) is 23.6 Å². The van der Waals surface area contributed by atoms with Crippen molar-refractivity contribution in [2.45, 2.75) is 20.9 Å². The summed E-state index contributed by atoms with van der Waals surface area (Å²) >= 11 is 33.5. The maximum absolute atomic E-state index is 12.5. The number of hydrogen-bond acceptors (Lipinski definition) is 6. The van der Waals surface area contributed by atoms with Crippen molar-refractivity contribution in [3.8, 4) is 0 Å². The van der Waals surface area contributed by atoms with Gasteiger partial charge in [0.05, 0.1) is 0 Å². The highest BCUT2D eigenvalue weighted by molar-refractivity contribution is 6.68. The van der Waals surface area contributed by atoms with E-state index in [1.807, 2.05) is 0 Å². The SMILES string of the molecule is CC1CCN(c2ccnc(N(C(=O)OCC(Cl)(Cl)Cl)C(=O)OCC(Cl)(Cl)Cl)c2)C1=O. The van der Waals surface area contributed by atoms with Crippen LogP contribution < -0.4 is 9.80 Å². The van der Waals surface area contributed by atoms with Crippen molar-refractivity contribution in [3.05, 3.63) is 18.3 Å². The molecule has 1 fully saturated rings. The molecule has 0 radical (unpaired) electrons. The van der Waals surface area contributed by atoms with E-state index in [9.17, 15) is 14.4 Å². The van der Waals surface area contributed by atoms with E-state index in [-0.39, 0.29) is 17.6 Å². The molecule has 0 spiro atoms. The fourth-order valence-corrected chi connectivity index (χ4v) is 2.78. The van der Waals surface area contributed by atoms with E-state index in [1.165, 1.54) is 17.2 Å². The largest absolute Gasteiger partial charge is 0.444 e. The summed E-state index contributed by atoms with van der Waals surface area (Å²) in [5.74, 6) is -0.457. The first-order valence-corrected chi connectivity index (χ1v) is 10.6. The first kappa shape index (κ1) is 25.4. The Hall–Kier alpha value is -0.900. The van der Waals surface area contributed by atoms with Gasteiger partial charge in [-0.1, -0.05) is 76.5 Å². The molecule has 1 aromatic rings. The van der Waals surface area contributed by atoms with Gasteiger partial charge in [-0.15, -0.1) is 0 Å². The van der Waals surface area contributed by atoms with Crippen LogP contribution in [0.1, 0.15) is 13.3 Å². The van der Waals surface area contributed by atoms with Gasteiger partial charge in [-0.3, -0.25) is 4.79 Å². The number of aromatic nitrogens is 1. The van der Waals surface area contributed by atoms with Gasteiger partial charge < -0.3 is 14.4 Å². The van der Waals surface area contributed by atoms with Crippen molar-refractivity contribution in [1.29, 1.82) is 0 Å². The number of halogens is 6. The Morgan fingerprint density at radius 1 is 1.13 bits per heavy atom. The van der Waals surface area contributed by atoms with Crippen LogP contribution in [0.15, 0.2) is 18.3 Å². The van der Waals surface area contributed by atoms with Crippen LogP contribution in [-0.4, -0.2) is 50.4 Å². The molecule has 0 aromatic carbocycles. The molecule has 1 aromatic heterocycles. The number of anilines is 2. The van der Waals surface area contributed by atoms with Crippen molar-refractivity contribution in [2.75, 3.05) is 29.6 Å². The van der Waals surface area contributed by atoms with Crippen LogP contribution in [0.25, 0.3) is 0 Å². The van der Waals surface area contributed by atoms with Gasteiger partial charge in [-0.2, -0.15) is 4.90 Å². The van der Waals surface area contributed by atoms with E-state index in [0.717, 1.165) is 0 Å². The van der Waals surface area contributed by atoms with E-state index >= 15 is 0 Å². The quantitative estimate of drug-likeness (QED) is 0.482. The second-order valence-electron chi connectivity index (χ2n) is 6.23. The zero-order valence-corrected chi connectivity index (χ0v) is 19.8.